The first-order chi connectivity index (χ1) is 8.74. The third kappa shape index (κ3) is 11.0. The van der Waals surface area contributed by atoms with Gasteiger partial charge in [-0.2, -0.15) is 0 Å². The standard InChI is InChI=1S/C16H35NO/c1-5-6-7-8-9-10-11-12-13-16(17-3)14-15(2)18-4/h15-17H,5-14H2,1-4H3. The first kappa shape index (κ1) is 17.9. The molecule has 0 saturated carbocycles. The molecule has 0 bridgehead atoms. The van der Waals surface area contributed by atoms with E-state index in [-0.39, 0.29) is 0 Å². The van der Waals surface area contributed by atoms with Gasteiger partial charge in [0.2, 0.25) is 0 Å². The summed E-state index contributed by atoms with van der Waals surface area (Å²) in [6, 6.07) is 0.625. The Morgan fingerprint density at radius 3 is 2.00 bits per heavy atom. The zero-order valence-electron chi connectivity index (χ0n) is 13.1. The highest BCUT2D eigenvalue weighted by Gasteiger charge is 2.10. The van der Waals surface area contributed by atoms with Crippen molar-refractivity contribution in [1.29, 1.82) is 0 Å². The van der Waals surface area contributed by atoms with Crippen molar-refractivity contribution in [2.24, 2.45) is 0 Å². The van der Waals surface area contributed by atoms with Crippen LogP contribution in [0.4, 0.5) is 0 Å². The van der Waals surface area contributed by atoms with E-state index in [1.165, 1.54) is 57.8 Å². The maximum absolute atomic E-state index is 5.32. The summed E-state index contributed by atoms with van der Waals surface area (Å²) in [6.45, 7) is 4.43. The van der Waals surface area contributed by atoms with E-state index in [1.807, 2.05) is 0 Å². The number of hydrogen-bond donors (Lipinski definition) is 1. The smallest absolute Gasteiger partial charge is 0.0558 e. The third-order valence-corrected chi connectivity index (χ3v) is 3.83. The average molecular weight is 257 g/mol. The van der Waals surface area contributed by atoms with Crippen LogP contribution in [0.1, 0.15) is 78.1 Å². The number of unbranched alkanes of at least 4 members (excludes halogenated alkanes) is 7. The topological polar surface area (TPSA) is 21.3 Å². The Balaban J connectivity index is 3.34. The van der Waals surface area contributed by atoms with E-state index in [1.54, 1.807) is 7.11 Å². The van der Waals surface area contributed by atoms with Crippen molar-refractivity contribution in [3.8, 4) is 0 Å². The summed E-state index contributed by atoms with van der Waals surface area (Å²) in [5.74, 6) is 0. The Bertz CT molecular complexity index is 161. The van der Waals surface area contributed by atoms with E-state index in [0.29, 0.717) is 12.1 Å². The van der Waals surface area contributed by atoms with Gasteiger partial charge < -0.3 is 10.1 Å². The normalized spacial score (nSPS) is 14.7. The molecule has 0 amide bonds. The molecule has 0 rings (SSSR count). The van der Waals surface area contributed by atoms with E-state index in [4.69, 9.17) is 4.74 Å². The average Bonchev–Trinajstić information content (AvgIpc) is 2.40. The molecule has 0 saturated heterocycles. The first-order valence-corrected chi connectivity index (χ1v) is 7.94. The summed E-state index contributed by atoms with van der Waals surface area (Å²) >= 11 is 0. The highest BCUT2D eigenvalue weighted by Crippen LogP contribution is 2.13. The second-order valence-electron chi connectivity index (χ2n) is 5.53. The molecule has 0 aromatic carbocycles. The second-order valence-corrected chi connectivity index (χ2v) is 5.53. The van der Waals surface area contributed by atoms with Crippen molar-refractivity contribution >= 4 is 0 Å². The van der Waals surface area contributed by atoms with Crippen molar-refractivity contribution in [1.82, 2.24) is 5.32 Å². The van der Waals surface area contributed by atoms with Crippen LogP contribution in [0.15, 0.2) is 0 Å². The Kier molecular flexibility index (Phi) is 13.3. The quantitative estimate of drug-likeness (QED) is 0.489. The number of methoxy groups -OCH3 is 1. The Morgan fingerprint density at radius 1 is 0.944 bits per heavy atom. The number of nitrogens with one attached hydrogen (secondary N) is 1. The Morgan fingerprint density at radius 2 is 1.50 bits per heavy atom. The summed E-state index contributed by atoms with van der Waals surface area (Å²) in [5.41, 5.74) is 0. The maximum atomic E-state index is 5.32. The van der Waals surface area contributed by atoms with Crippen LogP contribution in [0.5, 0.6) is 0 Å². The lowest BCUT2D eigenvalue weighted by Crippen LogP contribution is -2.29. The second kappa shape index (κ2) is 13.4. The van der Waals surface area contributed by atoms with Gasteiger partial charge in [-0.15, -0.1) is 0 Å². The van der Waals surface area contributed by atoms with Crippen LogP contribution in [0.3, 0.4) is 0 Å². The van der Waals surface area contributed by atoms with Gasteiger partial charge in [0.1, 0.15) is 0 Å². The zero-order chi connectivity index (χ0) is 13.6. The Labute approximate surface area is 115 Å². The molecule has 0 heterocycles. The molecule has 2 nitrogen and oxygen atoms in total. The molecule has 0 aromatic heterocycles. The highest BCUT2D eigenvalue weighted by molar-refractivity contribution is 4.68. The fourth-order valence-electron chi connectivity index (χ4n) is 2.40. The molecular formula is C16H35NO. The lowest BCUT2D eigenvalue weighted by atomic mass is 10.0. The van der Waals surface area contributed by atoms with Gasteiger partial charge in [0, 0.05) is 13.2 Å². The van der Waals surface area contributed by atoms with Crippen LogP contribution in [-0.4, -0.2) is 26.3 Å². The minimum Gasteiger partial charge on any atom is -0.382 e. The summed E-state index contributed by atoms with van der Waals surface area (Å²) in [4.78, 5) is 0. The maximum Gasteiger partial charge on any atom is 0.0558 e. The van der Waals surface area contributed by atoms with Gasteiger partial charge in [-0.1, -0.05) is 58.3 Å². The molecule has 0 aliphatic carbocycles. The fourth-order valence-corrected chi connectivity index (χ4v) is 2.40. The number of hydrogen-bond acceptors (Lipinski definition) is 2. The Hall–Kier alpha value is -0.0800. The lowest BCUT2D eigenvalue weighted by Gasteiger charge is -2.19. The minimum atomic E-state index is 0.372. The van der Waals surface area contributed by atoms with Crippen LogP contribution in [0.25, 0.3) is 0 Å². The van der Waals surface area contributed by atoms with Crippen molar-refractivity contribution < 1.29 is 4.74 Å². The molecule has 110 valence electrons. The minimum absolute atomic E-state index is 0.372. The van der Waals surface area contributed by atoms with E-state index >= 15 is 0 Å². The molecule has 0 fully saturated rings. The van der Waals surface area contributed by atoms with E-state index < -0.39 is 0 Å². The molecule has 0 aliphatic rings. The van der Waals surface area contributed by atoms with Crippen molar-refractivity contribution in [2.45, 2.75) is 90.2 Å². The van der Waals surface area contributed by atoms with E-state index in [9.17, 15) is 0 Å². The van der Waals surface area contributed by atoms with Crippen LogP contribution in [0.2, 0.25) is 0 Å². The number of rotatable bonds is 13. The van der Waals surface area contributed by atoms with Crippen molar-refractivity contribution in [3.63, 3.8) is 0 Å². The van der Waals surface area contributed by atoms with Gasteiger partial charge in [-0.05, 0) is 26.8 Å². The molecule has 2 atom stereocenters. The van der Waals surface area contributed by atoms with Crippen LogP contribution in [0, 0.1) is 0 Å². The predicted octanol–water partition coefficient (Wildman–Crippen LogP) is 4.53. The van der Waals surface area contributed by atoms with Crippen LogP contribution < -0.4 is 5.32 Å². The van der Waals surface area contributed by atoms with E-state index in [2.05, 4.69) is 26.2 Å². The first-order valence-electron chi connectivity index (χ1n) is 7.94. The third-order valence-electron chi connectivity index (χ3n) is 3.83. The zero-order valence-corrected chi connectivity index (χ0v) is 13.1. The van der Waals surface area contributed by atoms with Crippen LogP contribution in [-0.2, 0) is 4.74 Å². The van der Waals surface area contributed by atoms with Crippen molar-refractivity contribution in [2.75, 3.05) is 14.2 Å². The molecule has 0 spiro atoms. The molecular weight excluding hydrogens is 222 g/mol. The van der Waals surface area contributed by atoms with Gasteiger partial charge in [-0.25, -0.2) is 0 Å². The van der Waals surface area contributed by atoms with Gasteiger partial charge in [0.05, 0.1) is 6.10 Å². The summed E-state index contributed by atoms with van der Waals surface area (Å²) < 4.78 is 5.32. The summed E-state index contributed by atoms with van der Waals surface area (Å²) in [7, 11) is 3.87. The molecule has 0 aliphatic heterocycles. The number of ether oxygens (including phenoxy) is 1. The van der Waals surface area contributed by atoms with Gasteiger partial charge >= 0.3 is 0 Å². The van der Waals surface area contributed by atoms with Gasteiger partial charge in [0.15, 0.2) is 0 Å². The highest BCUT2D eigenvalue weighted by atomic mass is 16.5. The van der Waals surface area contributed by atoms with E-state index in [0.717, 1.165) is 6.42 Å². The SMILES string of the molecule is CCCCCCCCCCC(CC(C)OC)NC. The monoisotopic (exact) mass is 257 g/mol. The van der Waals surface area contributed by atoms with Crippen LogP contribution >= 0.6 is 0 Å². The summed E-state index contributed by atoms with van der Waals surface area (Å²) in [6.07, 6.45) is 14.0. The van der Waals surface area contributed by atoms with Crippen molar-refractivity contribution in [3.05, 3.63) is 0 Å². The molecule has 0 aromatic rings. The predicted molar refractivity (Wildman–Crippen MR) is 81.2 cm³/mol. The molecule has 2 unspecified atom stereocenters. The molecule has 1 N–H and O–H groups in total. The largest absolute Gasteiger partial charge is 0.382 e. The molecule has 2 heteroatoms. The summed E-state index contributed by atoms with van der Waals surface area (Å²) in [5, 5.41) is 3.41. The molecule has 0 radical (unpaired) electrons. The van der Waals surface area contributed by atoms with Gasteiger partial charge in [0.25, 0.3) is 0 Å². The fraction of sp³-hybridized carbons (Fsp3) is 1.00. The van der Waals surface area contributed by atoms with Gasteiger partial charge in [-0.3, -0.25) is 0 Å². The lowest BCUT2D eigenvalue weighted by molar-refractivity contribution is 0.0999. The molecule has 18 heavy (non-hydrogen) atoms.